The van der Waals surface area contributed by atoms with Gasteiger partial charge in [0.15, 0.2) is 5.79 Å². The molecule has 1 amide bonds. The van der Waals surface area contributed by atoms with Crippen molar-refractivity contribution >= 4 is 11.6 Å². The highest BCUT2D eigenvalue weighted by Gasteiger charge is 2.33. The van der Waals surface area contributed by atoms with Gasteiger partial charge in [-0.15, -0.1) is 0 Å². The van der Waals surface area contributed by atoms with Gasteiger partial charge in [0.2, 0.25) is 5.91 Å². The third-order valence-corrected chi connectivity index (χ3v) is 4.01. The Morgan fingerprint density at radius 1 is 1.41 bits per heavy atom. The molecule has 1 atom stereocenters. The lowest BCUT2D eigenvalue weighted by molar-refractivity contribution is -0.149. The minimum Gasteiger partial charge on any atom is -0.344 e. The summed E-state index contributed by atoms with van der Waals surface area (Å²) in [6.45, 7) is 7.09. The van der Waals surface area contributed by atoms with Crippen molar-refractivity contribution < 1.29 is 14.3 Å². The number of ether oxygens (including phenoxy) is 2. The normalized spacial score (nSPS) is 18.5. The van der Waals surface area contributed by atoms with Crippen LogP contribution in [0.15, 0.2) is 36.4 Å². The highest BCUT2D eigenvalue weighted by atomic mass is 16.7. The Morgan fingerprint density at radius 3 is 2.77 bits per heavy atom. The highest BCUT2D eigenvalue weighted by molar-refractivity contribution is 5.92. The van der Waals surface area contributed by atoms with Gasteiger partial charge < -0.3 is 14.8 Å². The fourth-order valence-corrected chi connectivity index (χ4v) is 2.56. The Hall–Kier alpha value is -1.65. The van der Waals surface area contributed by atoms with Gasteiger partial charge in [-0.1, -0.05) is 31.2 Å². The molecule has 4 heteroatoms. The Kier molecular flexibility index (Phi) is 5.75. The Bertz CT molecular complexity index is 533. The molecule has 1 aliphatic rings. The molecular formula is C18H25NO3. The number of carbonyl (C=O) groups excluding carboxylic acids is 1. The van der Waals surface area contributed by atoms with Crippen molar-refractivity contribution in [2.75, 3.05) is 18.5 Å². The van der Waals surface area contributed by atoms with Crippen LogP contribution in [0.3, 0.4) is 0 Å². The summed E-state index contributed by atoms with van der Waals surface area (Å²) in [4.78, 5) is 12.4. The van der Waals surface area contributed by atoms with Gasteiger partial charge in [-0.05, 0) is 38.8 Å². The van der Waals surface area contributed by atoms with E-state index in [4.69, 9.17) is 9.47 Å². The van der Waals surface area contributed by atoms with Crippen LogP contribution in [0.5, 0.6) is 0 Å². The van der Waals surface area contributed by atoms with Gasteiger partial charge in [0.25, 0.3) is 0 Å². The van der Waals surface area contributed by atoms with Crippen molar-refractivity contribution in [2.45, 2.75) is 39.4 Å². The fourth-order valence-electron chi connectivity index (χ4n) is 2.56. The zero-order valence-electron chi connectivity index (χ0n) is 13.6. The van der Waals surface area contributed by atoms with Gasteiger partial charge in [-0.25, -0.2) is 0 Å². The molecule has 22 heavy (non-hydrogen) atoms. The Balaban J connectivity index is 2.08. The van der Waals surface area contributed by atoms with E-state index in [9.17, 15) is 4.79 Å². The van der Waals surface area contributed by atoms with Crippen LogP contribution in [0.4, 0.5) is 5.69 Å². The summed E-state index contributed by atoms with van der Waals surface area (Å²) in [6, 6.07) is 7.68. The predicted octanol–water partition coefficient (Wildman–Crippen LogP) is 3.84. The maximum atomic E-state index is 12.4. The third kappa shape index (κ3) is 3.96. The third-order valence-electron chi connectivity index (χ3n) is 4.01. The fraction of sp³-hybridized carbons (Fsp3) is 0.500. The molecule has 1 N–H and O–H groups in total. The van der Waals surface area contributed by atoms with Crippen LogP contribution in [-0.2, 0) is 20.1 Å². The van der Waals surface area contributed by atoms with Crippen molar-refractivity contribution in [1.82, 2.24) is 0 Å². The lowest BCUT2D eigenvalue weighted by Crippen LogP contribution is -2.24. The zero-order chi connectivity index (χ0) is 16.0. The number of nitrogens with one attached hydrogen (secondary N) is 1. The van der Waals surface area contributed by atoms with E-state index >= 15 is 0 Å². The second-order valence-electron chi connectivity index (χ2n) is 5.62. The van der Waals surface area contributed by atoms with Crippen molar-refractivity contribution in [1.29, 1.82) is 0 Å². The monoisotopic (exact) mass is 303 g/mol. The molecule has 1 heterocycles. The molecule has 120 valence electrons. The molecule has 1 aromatic rings. The van der Waals surface area contributed by atoms with Crippen LogP contribution in [0.25, 0.3) is 0 Å². The largest absolute Gasteiger partial charge is 0.344 e. The summed E-state index contributed by atoms with van der Waals surface area (Å²) < 4.78 is 11.3. The molecule has 1 unspecified atom stereocenters. The first kappa shape index (κ1) is 16.7. The maximum Gasteiger partial charge on any atom is 0.227 e. The van der Waals surface area contributed by atoms with Crippen LogP contribution in [0.1, 0.15) is 39.2 Å². The van der Waals surface area contributed by atoms with Crippen molar-refractivity contribution in [3.63, 3.8) is 0 Å². The molecule has 4 nitrogen and oxygen atoms in total. The molecule has 1 fully saturated rings. The number of allylic oxidation sites excluding steroid dienone is 2. The van der Waals surface area contributed by atoms with Crippen molar-refractivity contribution in [3.05, 3.63) is 42.0 Å². The lowest BCUT2D eigenvalue weighted by atomic mass is 10.0. The number of carbonyl (C=O) groups is 1. The molecule has 0 aromatic heterocycles. The van der Waals surface area contributed by atoms with Crippen LogP contribution in [-0.4, -0.2) is 19.1 Å². The van der Waals surface area contributed by atoms with Gasteiger partial charge in [0, 0.05) is 17.2 Å². The Labute approximate surface area is 132 Å². The minimum atomic E-state index is -0.712. The maximum absolute atomic E-state index is 12.4. The summed E-state index contributed by atoms with van der Waals surface area (Å²) in [6.07, 6.45) is 5.60. The SMILES string of the molecule is C/C=C/CC(CC)C(=O)Nc1cccc(C2(C)OCCO2)c1. The molecular weight excluding hydrogens is 278 g/mol. The molecule has 2 rings (SSSR count). The standard InChI is InChI=1S/C18H25NO3/c1-4-6-8-14(5-2)17(20)19-16-10-7-9-15(13-16)18(3)21-11-12-22-18/h4,6-7,9-10,13-14H,5,8,11-12H2,1-3H3,(H,19,20)/b6-4+. The number of anilines is 1. The van der Waals surface area contributed by atoms with Crippen molar-refractivity contribution in [2.24, 2.45) is 5.92 Å². The van der Waals surface area contributed by atoms with Gasteiger partial charge >= 0.3 is 0 Å². The lowest BCUT2D eigenvalue weighted by Gasteiger charge is -2.23. The van der Waals surface area contributed by atoms with Crippen molar-refractivity contribution in [3.8, 4) is 0 Å². The van der Waals surface area contributed by atoms with Crippen LogP contribution in [0, 0.1) is 5.92 Å². The quantitative estimate of drug-likeness (QED) is 0.812. The minimum absolute atomic E-state index is 0.00516. The smallest absolute Gasteiger partial charge is 0.227 e. The first-order chi connectivity index (χ1) is 10.6. The topological polar surface area (TPSA) is 47.6 Å². The average molecular weight is 303 g/mol. The van der Waals surface area contributed by atoms with Gasteiger partial charge in [0.05, 0.1) is 13.2 Å². The van der Waals surface area contributed by atoms with Crippen LogP contribution in [0.2, 0.25) is 0 Å². The van der Waals surface area contributed by atoms with E-state index in [-0.39, 0.29) is 11.8 Å². The number of rotatable bonds is 6. The number of benzene rings is 1. The molecule has 0 spiro atoms. The molecule has 1 aromatic carbocycles. The van der Waals surface area contributed by atoms with E-state index in [1.54, 1.807) is 0 Å². The molecule has 1 aliphatic heterocycles. The van der Waals surface area contributed by atoms with E-state index in [1.807, 2.05) is 57.2 Å². The predicted molar refractivity (Wildman–Crippen MR) is 87.5 cm³/mol. The van der Waals surface area contributed by atoms with E-state index in [0.29, 0.717) is 13.2 Å². The molecule has 1 saturated heterocycles. The van der Waals surface area contributed by atoms with Gasteiger partial charge in [-0.2, -0.15) is 0 Å². The summed E-state index contributed by atoms with van der Waals surface area (Å²) >= 11 is 0. The molecule has 0 bridgehead atoms. The molecule has 0 saturated carbocycles. The summed E-state index contributed by atoms with van der Waals surface area (Å²) in [7, 11) is 0. The van der Waals surface area contributed by atoms with Crippen LogP contribution >= 0.6 is 0 Å². The average Bonchev–Trinajstić information content (AvgIpc) is 2.96. The second-order valence-corrected chi connectivity index (χ2v) is 5.62. The highest BCUT2D eigenvalue weighted by Crippen LogP contribution is 2.32. The van der Waals surface area contributed by atoms with E-state index in [1.165, 1.54) is 0 Å². The van der Waals surface area contributed by atoms with Gasteiger partial charge in [0.1, 0.15) is 0 Å². The molecule has 0 aliphatic carbocycles. The first-order valence-corrected chi connectivity index (χ1v) is 7.89. The number of hydrogen-bond donors (Lipinski definition) is 1. The summed E-state index contributed by atoms with van der Waals surface area (Å²) in [5, 5.41) is 3.00. The number of hydrogen-bond acceptors (Lipinski definition) is 3. The Morgan fingerprint density at radius 2 is 2.14 bits per heavy atom. The second kappa shape index (κ2) is 7.56. The van der Waals surface area contributed by atoms with Crippen LogP contribution < -0.4 is 5.32 Å². The van der Waals surface area contributed by atoms with E-state index in [0.717, 1.165) is 24.1 Å². The van der Waals surface area contributed by atoms with E-state index in [2.05, 4.69) is 5.32 Å². The molecule has 0 radical (unpaired) electrons. The number of amides is 1. The van der Waals surface area contributed by atoms with E-state index < -0.39 is 5.79 Å². The first-order valence-electron chi connectivity index (χ1n) is 7.89. The summed E-state index contributed by atoms with van der Waals surface area (Å²) in [5.41, 5.74) is 1.70. The summed E-state index contributed by atoms with van der Waals surface area (Å²) in [5.74, 6) is -0.666. The zero-order valence-corrected chi connectivity index (χ0v) is 13.6. The van der Waals surface area contributed by atoms with Gasteiger partial charge in [-0.3, -0.25) is 4.79 Å².